The van der Waals surface area contributed by atoms with Gasteiger partial charge in [-0.25, -0.2) is 15.0 Å². The van der Waals surface area contributed by atoms with Crippen LogP contribution in [0.3, 0.4) is 0 Å². The molecular weight excluding hydrogens is 428 g/mol. The largest absolute Gasteiger partial charge is 0.497 e. The molecule has 0 unspecified atom stereocenters. The topological polar surface area (TPSA) is 87.1 Å². The Labute approximate surface area is 189 Å². The Hall–Kier alpha value is -3.85. The van der Waals surface area contributed by atoms with Gasteiger partial charge in [-0.3, -0.25) is 0 Å². The molecule has 9 heteroatoms. The number of nitrogens with zero attached hydrogens (tertiary/aromatic N) is 3. The fraction of sp³-hybridized carbons (Fsp3) is 0.174. The smallest absolute Gasteiger partial charge is 0.204 e. The van der Waals surface area contributed by atoms with Gasteiger partial charge in [-0.15, -0.1) is 11.3 Å². The summed E-state index contributed by atoms with van der Waals surface area (Å²) in [6.45, 7) is 0. The van der Waals surface area contributed by atoms with Crippen LogP contribution in [0.1, 0.15) is 5.01 Å². The minimum absolute atomic E-state index is 0.535. The number of rotatable bonds is 8. The lowest BCUT2D eigenvalue weighted by molar-refractivity contribution is 0.327. The lowest BCUT2D eigenvalue weighted by atomic mass is 10.2. The standard InChI is InChI=1S/C23H22N4O4S/c1-28-15-9-7-14(8-10-15)26-23-16(6-5-11-24-23)25-13-19-27-17-12-18(29-2)20(30-3)21(31-4)22(17)32-19/h5-13H,1-4H3,(H,24,26). The second-order valence-corrected chi connectivity index (χ2v) is 7.56. The molecular formula is C23H22N4O4S. The number of benzene rings is 2. The molecule has 0 aliphatic carbocycles. The van der Waals surface area contributed by atoms with Crippen LogP contribution in [0.4, 0.5) is 17.2 Å². The summed E-state index contributed by atoms with van der Waals surface area (Å²) in [4.78, 5) is 13.7. The maximum absolute atomic E-state index is 5.56. The van der Waals surface area contributed by atoms with E-state index in [-0.39, 0.29) is 0 Å². The Balaban J connectivity index is 1.64. The monoisotopic (exact) mass is 450 g/mol. The van der Waals surface area contributed by atoms with Crippen LogP contribution < -0.4 is 24.3 Å². The molecule has 0 saturated heterocycles. The van der Waals surface area contributed by atoms with E-state index in [0.717, 1.165) is 21.7 Å². The number of aromatic nitrogens is 2. The SMILES string of the molecule is COc1ccc(Nc2ncccc2N=Cc2nc3cc(OC)c(OC)c(OC)c3s2)cc1. The van der Waals surface area contributed by atoms with Crippen LogP contribution in [-0.2, 0) is 0 Å². The number of aliphatic imine (C=N–C) groups is 1. The van der Waals surface area contributed by atoms with E-state index in [9.17, 15) is 0 Å². The molecule has 4 rings (SSSR count). The van der Waals surface area contributed by atoms with E-state index in [1.165, 1.54) is 11.3 Å². The van der Waals surface area contributed by atoms with E-state index in [1.54, 1.807) is 40.9 Å². The first-order valence-electron chi connectivity index (χ1n) is 9.66. The van der Waals surface area contributed by atoms with Crippen molar-refractivity contribution in [2.75, 3.05) is 33.8 Å². The molecule has 0 fully saturated rings. The molecule has 4 aromatic rings. The molecule has 2 aromatic heterocycles. The van der Waals surface area contributed by atoms with Crippen molar-refractivity contribution < 1.29 is 18.9 Å². The quantitative estimate of drug-likeness (QED) is 0.368. The zero-order chi connectivity index (χ0) is 22.5. The van der Waals surface area contributed by atoms with E-state index in [0.29, 0.717) is 33.8 Å². The molecule has 8 nitrogen and oxygen atoms in total. The summed E-state index contributed by atoms with van der Waals surface area (Å²) >= 11 is 1.45. The molecule has 32 heavy (non-hydrogen) atoms. The molecule has 1 N–H and O–H groups in total. The predicted octanol–water partition coefficient (Wildman–Crippen LogP) is 5.22. The van der Waals surface area contributed by atoms with E-state index in [1.807, 2.05) is 42.5 Å². The Bertz CT molecular complexity index is 1260. The zero-order valence-electron chi connectivity index (χ0n) is 18.1. The van der Waals surface area contributed by atoms with E-state index in [4.69, 9.17) is 18.9 Å². The Kier molecular flexibility index (Phi) is 6.37. The van der Waals surface area contributed by atoms with Crippen molar-refractivity contribution in [3.05, 3.63) is 53.7 Å². The number of hydrogen-bond acceptors (Lipinski definition) is 9. The van der Waals surface area contributed by atoms with Gasteiger partial charge in [0.15, 0.2) is 17.3 Å². The van der Waals surface area contributed by atoms with E-state index in [2.05, 4.69) is 20.3 Å². The highest BCUT2D eigenvalue weighted by atomic mass is 32.1. The van der Waals surface area contributed by atoms with Crippen molar-refractivity contribution in [2.24, 2.45) is 4.99 Å². The van der Waals surface area contributed by atoms with Crippen LogP contribution in [-0.4, -0.2) is 44.6 Å². The Morgan fingerprint density at radius 2 is 1.72 bits per heavy atom. The van der Waals surface area contributed by atoms with Gasteiger partial charge in [-0.2, -0.15) is 0 Å². The summed E-state index contributed by atoms with van der Waals surface area (Å²) in [5.41, 5.74) is 2.31. The third-order valence-corrected chi connectivity index (χ3v) is 5.66. The number of thiazole rings is 1. The number of anilines is 2. The third kappa shape index (κ3) is 4.28. The normalized spacial score (nSPS) is 11.0. The molecule has 0 aliphatic rings. The van der Waals surface area contributed by atoms with Gasteiger partial charge in [0.1, 0.15) is 21.1 Å². The highest BCUT2D eigenvalue weighted by Crippen LogP contribution is 2.45. The summed E-state index contributed by atoms with van der Waals surface area (Å²) in [6, 6.07) is 13.1. The van der Waals surface area contributed by atoms with Crippen molar-refractivity contribution in [1.29, 1.82) is 0 Å². The zero-order valence-corrected chi connectivity index (χ0v) is 18.9. The van der Waals surface area contributed by atoms with Crippen LogP contribution in [0, 0.1) is 0 Å². The van der Waals surface area contributed by atoms with Gasteiger partial charge >= 0.3 is 0 Å². The molecule has 2 heterocycles. The van der Waals surface area contributed by atoms with Crippen LogP contribution in [0.5, 0.6) is 23.0 Å². The average molecular weight is 451 g/mol. The van der Waals surface area contributed by atoms with Crippen molar-refractivity contribution in [1.82, 2.24) is 9.97 Å². The summed E-state index contributed by atoms with van der Waals surface area (Å²) in [5, 5.41) is 4.00. The summed E-state index contributed by atoms with van der Waals surface area (Å²) in [6.07, 6.45) is 3.42. The van der Waals surface area contributed by atoms with Gasteiger partial charge in [-0.05, 0) is 36.4 Å². The maximum atomic E-state index is 5.56. The van der Waals surface area contributed by atoms with Gasteiger partial charge in [0.2, 0.25) is 5.75 Å². The van der Waals surface area contributed by atoms with Gasteiger partial charge in [0.25, 0.3) is 0 Å². The molecule has 0 saturated carbocycles. The van der Waals surface area contributed by atoms with Gasteiger partial charge in [0.05, 0.1) is 40.2 Å². The number of fused-ring (bicyclic) bond motifs is 1. The Morgan fingerprint density at radius 1 is 0.938 bits per heavy atom. The van der Waals surface area contributed by atoms with Crippen molar-refractivity contribution >= 4 is 45.0 Å². The molecule has 0 atom stereocenters. The van der Waals surface area contributed by atoms with Crippen LogP contribution in [0.2, 0.25) is 0 Å². The lowest BCUT2D eigenvalue weighted by Gasteiger charge is -2.11. The average Bonchev–Trinajstić information content (AvgIpc) is 3.25. The fourth-order valence-electron chi connectivity index (χ4n) is 3.13. The second kappa shape index (κ2) is 9.52. The molecule has 0 bridgehead atoms. The van der Waals surface area contributed by atoms with Crippen molar-refractivity contribution in [2.45, 2.75) is 0 Å². The molecule has 0 spiro atoms. The number of ether oxygens (including phenoxy) is 4. The maximum Gasteiger partial charge on any atom is 0.204 e. The minimum atomic E-state index is 0.535. The van der Waals surface area contributed by atoms with E-state index < -0.39 is 0 Å². The van der Waals surface area contributed by atoms with Crippen molar-refractivity contribution in [3.63, 3.8) is 0 Å². The lowest BCUT2D eigenvalue weighted by Crippen LogP contribution is -1.94. The van der Waals surface area contributed by atoms with Crippen LogP contribution in [0.15, 0.2) is 53.7 Å². The number of nitrogens with one attached hydrogen (secondary N) is 1. The van der Waals surface area contributed by atoms with Crippen LogP contribution >= 0.6 is 11.3 Å². The number of methoxy groups -OCH3 is 4. The van der Waals surface area contributed by atoms with Crippen molar-refractivity contribution in [3.8, 4) is 23.0 Å². The van der Waals surface area contributed by atoms with Gasteiger partial charge in [-0.1, -0.05) is 0 Å². The first-order valence-corrected chi connectivity index (χ1v) is 10.5. The highest BCUT2D eigenvalue weighted by molar-refractivity contribution is 7.20. The fourth-order valence-corrected chi connectivity index (χ4v) is 4.07. The first kappa shape index (κ1) is 21.4. The van der Waals surface area contributed by atoms with E-state index >= 15 is 0 Å². The summed E-state index contributed by atoms with van der Waals surface area (Å²) in [7, 11) is 6.39. The molecule has 0 amide bonds. The van der Waals surface area contributed by atoms with Crippen LogP contribution in [0.25, 0.3) is 10.2 Å². The molecule has 0 aliphatic heterocycles. The minimum Gasteiger partial charge on any atom is -0.497 e. The highest BCUT2D eigenvalue weighted by Gasteiger charge is 2.19. The Morgan fingerprint density at radius 3 is 2.41 bits per heavy atom. The molecule has 2 aromatic carbocycles. The van der Waals surface area contributed by atoms with Gasteiger partial charge < -0.3 is 24.3 Å². The molecule has 0 radical (unpaired) electrons. The number of hydrogen-bond donors (Lipinski definition) is 1. The second-order valence-electron chi connectivity index (χ2n) is 6.53. The third-order valence-electron chi connectivity index (χ3n) is 4.66. The summed E-state index contributed by atoms with van der Waals surface area (Å²) < 4.78 is 22.5. The predicted molar refractivity (Wildman–Crippen MR) is 127 cm³/mol. The van der Waals surface area contributed by atoms with Gasteiger partial charge in [0, 0.05) is 18.0 Å². The summed E-state index contributed by atoms with van der Waals surface area (Å²) in [5.74, 6) is 3.10. The first-order chi connectivity index (χ1) is 15.7. The number of pyridine rings is 1. The molecule has 164 valence electrons.